The van der Waals surface area contributed by atoms with Gasteiger partial charge in [-0.2, -0.15) is 0 Å². The van der Waals surface area contributed by atoms with Crippen molar-refractivity contribution in [2.24, 2.45) is 0 Å². The van der Waals surface area contributed by atoms with Gasteiger partial charge in [-0.15, -0.1) is 0 Å². The maximum absolute atomic E-state index is 11.6. The first kappa shape index (κ1) is 23.4. The molecule has 24 heavy (non-hydrogen) atoms. The van der Waals surface area contributed by atoms with Crippen molar-refractivity contribution in [2.45, 2.75) is 96.8 Å². The van der Waals surface area contributed by atoms with E-state index < -0.39 is 16.8 Å². The number of ether oxygens (including phenoxy) is 1. The fourth-order valence-corrected chi connectivity index (χ4v) is 3.59. The van der Waals surface area contributed by atoms with Gasteiger partial charge in [-0.1, -0.05) is 90.4 Å². The minimum absolute atomic E-state index is 0.440. The maximum Gasteiger partial charge on any atom is 0.331 e. The van der Waals surface area contributed by atoms with Crippen LogP contribution in [0.25, 0.3) is 0 Å². The van der Waals surface area contributed by atoms with Gasteiger partial charge in [0.15, 0.2) is 0 Å². The molecule has 4 heteroatoms. The summed E-state index contributed by atoms with van der Waals surface area (Å²) in [4.78, 5) is 10.9. The van der Waals surface area contributed by atoms with E-state index >= 15 is 0 Å². The van der Waals surface area contributed by atoms with Gasteiger partial charge in [-0.25, -0.2) is 4.79 Å². The Hall–Kier alpha value is -0.640. The summed E-state index contributed by atoms with van der Waals surface area (Å²) in [7, 11) is 0.283. The lowest BCUT2D eigenvalue weighted by molar-refractivity contribution is -0.134. The lowest BCUT2D eigenvalue weighted by Crippen LogP contribution is -1.97. The van der Waals surface area contributed by atoms with Gasteiger partial charge < -0.3 is 4.74 Å². The second-order valence-corrected chi connectivity index (χ2v) is 7.95. The van der Waals surface area contributed by atoms with Crippen molar-refractivity contribution >= 4 is 16.8 Å². The Balaban J connectivity index is 3.21. The first-order valence-electron chi connectivity index (χ1n) is 9.84. The van der Waals surface area contributed by atoms with Crippen molar-refractivity contribution in [2.75, 3.05) is 12.9 Å². The SMILES string of the molecule is CCCCCCCCCCCCCCCCS(=O)/C=C/C(=O)OC. The maximum atomic E-state index is 11.6. The van der Waals surface area contributed by atoms with Crippen LogP contribution in [0.3, 0.4) is 0 Å². The van der Waals surface area contributed by atoms with Crippen molar-refractivity contribution in [3.05, 3.63) is 11.5 Å². The normalized spacial score (nSPS) is 12.6. The lowest BCUT2D eigenvalue weighted by atomic mass is 10.0. The summed E-state index contributed by atoms with van der Waals surface area (Å²) in [6.07, 6.45) is 19.8. The van der Waals surface area contributed by atoms with Gasteiger partial charge in [-0.3, -0.25) is 4.21 Å². The zero-order valence-corrected chi connectivity index (χ0v) is 16.7. The second kappa shape index (κ2) is 18.7. The fraction of sp³-hybridized carbons (Fsp3) is 0.850. The Morgan fingerprint density at radius 3 is 1.62 bits per heavy atom. The van der Waals surface area contributed by atoms with Crippen molar-refractivity contribution < 1.29 is 13.7 Å². The Morgan fingerprint density at radius 2 is 1.21 bits per heavy atom. The van der Waals surface area contributed by atoms with Crippen LogP contribution in [0.15, 0.2) is 11.5 Å². The molecule has 0 aliphatic heterocycles. The van der Waals surface area contributed by atoms with Gasteiger partial charge in [-0.05, 0) is 6.42 Å². The van der Waals surface area contributed by atoms with Crippen LogP contribution in [-0.4, -0.2) is 23.0 Å². The summed E-state index contributed by atoms with van der Waals surface area (Å²) in [5, 5.41) is 1.44. The predicted molar refractivity (Wildman–Crippen MR) is 104 cm³/mol. The Labute approximate surface area is 152 Å². The zero-order valence-electron chi connectivity index (χ0n) is 15.9. The van der Waals surface area contributed by atoms with Gasteiger partial charge in [0.2, 0.25) is 0 Å². The molecular formula is C20H38O3S. The van der Waals surface area contributed by atoms with Crippen LogP contribution in [-0.2, 0) is 20.3 Å². The highest BCUT2D eigenvalue weighted by Crippen LogP contribution is 2.13. The standard InChI is InChI=1S/C20H38O3S/c1-3-4-5-6-7-8-9-10-11-12-13-14-15-16-18-24(22)19-17-20(21)23-2/h17,19H,3-16,18H2,1-2H3/b19-17+. The summed E-state index contributed by atoms with van der Waals surface area (Å²) in [5.74, 6) is 0.204. The molecule has 0 aliphatic carbocycles. The number of rotatable bonds is 17. The van der Waals surface area contributed by atoms with Crippen LogP contribution in [0.4, 0.5) is 0 Å². The molecule has 0 heterocycles. The molecule has 0 aromatic rings. The third kappa shape index (κ3) is 17.7. The molecular weight excluding hydrogens is 320 g/mol. The highest BCUT2D eigenvalue weighted by atomic mass is 32.2. The average molecular weight is 359 g/mol. The van der Waals surface area contributed by atoms with E-state index in [9.17, 15) is 9.00 Å². The second-order valence-electron chi connectivity index (χ2n) is 6.51. The van der Waals surface area contributed by atoms with Crippen LogP contribution in [0, 0.1) is 0 Å². The molecule has 0 N–H and O–H groups in total. The Kier molecular flexibility index (Phi) is 18.2. The Morgan fingerprint density at radius 1 is 0.792 bits per heavy atom. The summed E-state index contributed by atoms with van der Waals surface area (Å²) in [6, 6.07) is 0. The van der Waals surface area contributed by atoms with Crippen molar-refractivity contribution in [3.63, 3.8) is 0 Å². The van der Waals surface area contributed by atoms with Crippen LogP contribution >= 0.6 is 0 Å². The lowest BCUT2D eigenvalue weighted by Gasteiger charge is -2.03. The third-order valence-electron chi connectivity index (χ3n) is 4.26. The first-order chi connectivity index (χ1) is 11.7. The first-order valence-corrected chi connectivity index (χ1v) is 11.2. The molecule has 1 unspecified atom stereocenters. The number of hydrogen-bond donors (Lipinski definition) is 0. The van der Waals surface area contributed by atoms with E-state index in [-0.39, 0.29) is 0 Å². The molecule has 0 fully saturated rings. The predicted octanol–water partition coefficient (Wildman–Crippen LogP) is 5.90. The molecule has 0 saturated heterocycles. The molecule has 0 bridgehead atoms. The smallest absolute Gasteiger partial charge is 0.331 e. The van der Waals surface area contributed by atoms with E-state index in [1.54, 1.807) is 0 Å². The van der Waals surface area contributed by atoms with Crippen LogP contribution < -0.4 is 0 Å². The quantitative estimate of drug-likeness (QED) is 0.185. The van der Waals surface area contributed by atoms with Gasteiger partial charge in [0.05, 0.1) is 7.11 Å². The van der Waals surface area contributed by atoms with Gasteiger partial charge in [0.1, 0.15) is 0 Å². The third-order valence-corrected chi connectivity index (χ3v) is 5.39. The van der Waals surface area contributed by atoms with E-state index in [2.05, 4.69) is 11.7 Å². The largest absolute Gasteiger partial charge is 0.466 e. The molecule has 3 nitrogen and oxygen atoms in total. The molecule has 0 rings (SSSR count). The number of unbranched alkanes of at least 4 members (excludes halogenated alkanes) is 13. The van der Waals surface area contributed by atoms with Gasteiger partial charge in [0.25, 0.3) is 0 Å². The average Bonchev–Trinajstić information content (AvgIpc) is 2.59. The van der Waals surface area contributed by atoms with Gasteiger partial charge in [0, 0.05) is 28.0 Å². The molecule has 0 saturated carbocycles. The van der Waals surface area contributed by atoms with Crippen molar-refractivity contribution in [1.82, 2.24) is 0 Å². The molecule has 0 aliphatic rings. The monoisotopic (exact) mass is 358 g/mol. The molecule has 0 aromatic heterocycles. The van der Waals surface area contributed by atoms with E-state index in [1.807, 2.05) is 0 Å². The molecule has 1 atom stereocenters. The van der Waals surface area contributed by atoms with E-state index in [0.29, 0.717) is 5.75 Å². The number of hydrogen-bond acceptors (Lipinski definition) is 3. The van der Waals surface area contributed by atoms with E-state index in [4.69, 9.17) is 0 Å². The van der Waals surface area contributed by atoms with Crippen LogP contribution in [0.2, 0.25) is 0 Å². The minimum Gasteiger partial charge on any atom is -0.466 e. The molecule has 0 amide bonds. The molecule has 0 radical (unpaired) electrons. The van der Waals surface area contributed by atoms with Crippen LogP contribution in [0.5, 0.6) is 0 Å². The number of esters is 1. The highest BCUT2D eigenvalue weighted by molar-refractivity contribution is 7.87. The number of carbonyl (C=O) groups is 1. The topological polar surface area (TPSA) is 43.4 Å². The Bertz CT molecular complexity index is 340. The van der Waals surface area contributed by atoms with Crippen molar-refractivity contribution in [3.8, 4) is 0 Å². The fourth-order valence-electron chi connectivity index (χ4n) is 2.71. The molecule has 0 aromatic carbocycles. The van der Waals surface area contributed by atoms with Gasteiger partial charge >= 0.3 is 5.97 Å². The van der Waals surface area contributed by atoms with Crippen molar-refractivity contribution in [1.29, 1.82) is 0 Å². The number of methoxy groups -OCH3 is 1. The summed E-state index contributed by atoms with van der Waals surface area (Å²) in [6.45, 7) is 2.27. The summed E-state index contributed by atoms with van der Waals surface area (Å²) < 4.78 is 16.1. The highest BCUT2D eigenvalue weighted by Gasteiger charge is 1.98. The summed E-state index contributed by atoms with van der Waals surface area (Å²) >= 11 is 0. The van der Waals surface area contributed by atoms with E-state index in [0.717, 1.165) is 12.8 Å². The van der Waals surface area contributed by atoms with Crippen LogP contribution in [0.1, 0.15) is 96.8 Å². The minimum atomic E-state index is -1.04. The molecule has 142 valence electrons. The molecule has 0 spiro atoms. The summed E-state index contributed by atoms with van der Waals surface area (Å²) in [5.41, 5.74) is 0. The van der Waals surface area contributed by atoms with E-state index in [1.165, 1.54) is 95.6 Å². The number of carbonyl (C=O) groups excluding carboxylic acids is 1. The zero-order chi connectivity index (χ0) is 17.9.